The molecule has 1 heterocycles. The van der Waals surface area contributed by atoms with Crippen LogP contribution in [0.3, 0.4) is 0 Å². The second-order valence-electron chi connectivity index (χ2n) is 3.59. The maximum absolute atomic E-state index is 11.9. The van der Waals surface area contributed by atoms with Crippen molar-refractivity contribution in [2.45, 2.75) is 33.1 Å². The van der Waals surface area contributed by atoms with Crippen LogP contribution < -0.4 is 5.73 Å². The van der Waals surface area contributed by atoms with E-state index in [1.54, 1.807) is 5.38 Å². The van der Waals surface area contributed by atoms with Crippen LogP contribution in [-0.4, -0.2) is 17.6 Å². The van der Waals surface area contributed by atoms with Crippen molar-refractivity contribution in [2.24, 2.45) is 0 Å². The minimum Gasteiger partial charge on any atom is -0.462 e. The van der Waals surface area contributed by atoms with Crippen molar-refractivity contribution in [1.82, 2.24) is 4.98 Å². The van der Waals surface area contributed by atoms with Crippen molar-refractivity contribution in [3.63, 3.8) is 0 Å². The van der Waals surface area contributed by atoms with E-state index in [1.165, 1.54) is 11.3 Å². The summed E-state index contributed by atoms with van der Waals surface area (Å²) in [6.45, 7) is 4.48. The van der Waals surface area contributed by atoms with Gasteiger partial charge in [0.15, 0.2) is 5.13 Å². The molecule has 0 atom stereocenters. The van der Waals surface area contributed by atoms with Gasteiger partial charge in [0.05, 0.1) is 17.9 Å². The molecule has 4 nitrogen and oxygen atoms in total. The van der Waals surface area contributed by atoms with E-state index in [0.717, 1.165) is 19.3 Å². The molecule has 0 saturated heterocycles. The van der Waals surface area contributed by atoms with Crippen LogP contribution in [0, 0.1) is 0 Å². The number of carbonyl (C=O) groups excluding carboxylic acids is 1. The van der Waals surface area contributed by atoms with E-state index in [0.29, 0.717) is 23.0 Å². The van der Waals surface area contributed by atoms with Crippen molar-refractivity contribution >= 4 is 28.0 Å². The summed E-state index contributed by atoms with van der Waals surface area (Å²) >= 11 is 1.32. The highest BCUT2D eigenvalue weighted by Gasteiger charge is 2.15. The second kappa shape index (κ2) is 7.06. The maximum Gasteiger partial charge on any atom is 0.340 e. The highest BCUT2D eigenvalue weighted by atomic mass is 32.1. The Morgan fingerprint density at radius 1 is 1.59 bits per heavy atom. The SMILES string of the molecule is CC/C=C(/C(=O)OCCCC)c1csc(N)n1. The van der Waals surface area contributed by atoms with Gasteiger partial charge in [0.1, 0.15) is 0 Å². The van der Waals surface area contributed by atoms with Gasteiger partial charge < -0.3 is 10.5 Å². The largest absolute Gasteiger partial charge is 0.462 e. The molecule has 1 aromatic heterocycles. The molecule has 0 amide bonds. The average molecular weight is 254 g/mol. The van der Waals surface area contributed by atoms with Crippen molar-refractivity contribution in [1.29, 1.82) is 0 Å². The lowest BCUT2D eigenvalue weighted by molar-refractivity contribution is -0.136. The monoisotopic (exact) mass is 254 g/mol. The standard InChI is InChI=1S/C12H18N2O2S/c1-3-5-7-16-11(15)9(6-4-2)10-8-17-12(13)14-10/h6,8H,3-5,7H2,1-2H3,(H2,13,14)/b9-6+. The van der Waals surface area contributed by atoms with Gasteiger partial charge in [-0.05, 0) is 12.8 Å². The van der Waals surface area contributed by atoms with Crippen LogP contribution in [0.25, 0.3) is 5.57 Å². The molecule has 0 radical (unpaired) electrons. The third-order valence-electron chi connectivity index (χ3n) is 2.16. The lowest BCUT2D eigenvalue weighted by Gasteiger charge is -2.05. The van der Waals surface area contributed by atoms with E-state index in [-0.39, 0.29) is 5.97 Å². The quantitative estimate of drug-likeness (QED) is 0.481. The number of aromatic nitrogens is 1. The van der Waals surface area contributed by atoms with Gasteiger partial charge in [-0.2, -0.15) is 0 Å². The fraction of sp³-hybridized carbons (Fsp3) is 0.500. The molecule has 5 heteroatoms. The number of ether oxygens (including phenoxy) is 1. The summed E-state index contributed by atoms with van der Waals surface area (Å²) in [5.41, 5.74) is 6.68. The summed E-state index contributed by atoms with van der Waals surface area (Å²) in [5, 5.41) is 2.24. The van der Waals surface area contributed by atoms with Crippen molar-refractivity contribution in [2.75, 3.05) is 12.3 Å². The fourth-order valence-electron chi connectivity index (χ4n) is 1.29. The number of esters is 1. The Balaban J connectivity index is 2.73. The zero-order valence-electron chi connectivity index (χ0n) is 10.2. The van der Waals surface area contributed by atoms with E-state index in [1.807, 2.05) is 13.0 Å². The highest BCUT2D eigenvalue weighted by Crippen LogP contribution is 2.21. The predicted molar refractivity (Wildman–Crippen MR) is 70.7 cm³/mol. The summed E-state index contributed by atoms with van der Waals surface area (Å²) in [4.78, 5) is 16.0. The molecule has 0 bridgehead atoms. The molecular formula is C12H18N2O2S. The Kier molecular flexibility index (Phi) is 5.69. The molecule has 0 aromatic carbocycles. The van der Waals surface area contributed by atoms with Gasteiger partial charge in [-0.15, -0.1) is 11.3 Å². The molecule has 2 N–H and O–H groups in total. The Morgan fingerprint density at radius 2 is 2.35 bits per heavy atom. The fourth-order valence-corrected chi connectivity index (χ4v) is 1.86. The number of hydrogen-bond acceptors (Lipinski definition) is 5. The van der Waals surface area contributed by atoms with E-state index in [2.05, 4.69) is 11.9 Å². The molecule has 1 rings (SSSR count). The van der Waals surface area contributed by atoms with Crippen LogP contribution in [0.2, 0.25) is 0 Å². The van der Waals surface area contributed by atoms with E-state index >= 15 is 0 Å². The Bertz CT molecular complexity index is 399. The molecule has 1 aromatic rings. The van der Waals surface area contributed by atoms with Crippen molar-refractivity contribution < 1.29 is 9.53 Å². The maximum atomic E-state index is 11.9. The molecule has 17 heavy (non-hydrogen) atoms. The first-order valence-electron chi connectivity index (χ1n) is 5.77. The first-order chi connectivity index (χ1) is 8.19. The van der Waals surface area contributed by atoms with E-state index in [9.17, 15) is 4.79 Å². The molecule has 0 fully saturated rings. The lowest BCUT2D eigenvalue weighted by atomic mass is 10.2. The summed E-state index contributed by atoms with van der Waals surface area (Å²) in [5.74, 6) is -0.314. The zero-order chi connectivity index (χ0) is 12.7. The lowest BCUT2D eigenvalue weighted by Crippen LogP contribution is -2.08. The number of nitrogen functional groups attached to an aromatic ring is 1. The number of nitrogens with zero attached hydrogens (tertiary/aromatic N) is 1. The van der Waals surface area contributed by atoms with Crippen LogP contribution in [0.1, 0.15) is 38.8 Å². The van der Waals surface area contributed by atoms with Crippen LogP contribution in [0.5, 0.6) is 0 Å². The molecular weight excluding hydrogens is 236 g/mol. The minimum atomic E-state index is -0.314. The second-order valence-corrected chi connectivity index (χ2v) is 4.48. The topological polar surface area (TPSA) is 65.2 Å². The highest BCUT2D eigenvalue weighted by molar-refractivity contribution is 7.13. The van der Waals surface area contributed by atoms with E-state index in [4.69, 9.17) is 10.5 Å². The number of rotatable bonds is 6. The number of hydrogen-bond donors (Lipinski definition) is 1. The number of thiazole rings is 1. The summed E-state index contributed by atoms with van der Waals surface area (Å²) in [7, 11) is 0. The van der Waals surface area contributed by atoms with E-state index < -0.39 is 0 Å². The van der Waals surface area contributed by atoms with Crippen molar-refractivity contribution in [3.05, 3.63) is 17.2 Å². The summed E-state index contributed by atoms with van der Waals surface area (Å²) in [6.07, 6.45) is 4.46. The number of anilines is 1. The van der Waals surface area contributed by atoms with Gasteiger partial charge in [-0.25, -0.2) is 9.78 Å². The van der Waals surface area contributed by atoms with Gasteiger partial charge in [0, 0.05) is 5.38 Å². The smallest absolute Gasteiger partial charge is 0.340 e. The molecule has 0 aliphatic heterocycles. The molecule has 0 aliphatic carbocycles. The Hall–Kier alpha value is -1.36. The number of carbonyl (C=O) groups is 1. The summed E-state index contributed by atoms with van der Waals surface area (Å²) < 4.78 is 5.18. The average Bonchev–Trinajstić information content (AvgIpc) is 2.72. The normalized spacial score (nSPS) is 11.5. The predicted octanol–water partition coefficient (Wildman–Crippen LogP) is 2.86. The first-order valence-corrected chi connectivity index (χ1v) is 6.65. The van der Waals surface area contributed by atoms with Crippen LogP contribution in [-0.2, 0) is 9.53 Å². The molecule has 0 aliphatic rings. The zero-order valence-corrected chi connectivity index (χ0v) is 11.0. The molecule has 0 unspecified atom stereocenters. The van der Waals surface area contributed by atoms with Gasteiger partial charge in [-0.1, -0.05) is 26.3 Å². The van der Waals surface area contributed by atoms with Gasteiger partial charge in [0.2, 0.25) is 0 Å². The third kappa shape index (κ3) is 4.19. The Morgan fingerprint density at radius 3 is 2.88 bits per heavy atom. The van der Waals surface area contributed by atoms with Crippen LogP contribution in [0.4, 0.5) is 5.13 Å². The summed E-state index contributed by atoms with van der Waals surface area (Å²) in [6, 6.07) is 0. The molecule has 94 valence electrons. The van der Waals surface area contributed by atoms with Gasteiger partial charge in [-0.3, -0.25) is 0 Å². The van der Waals surface area contributed by atoms with Crippen molar-refractivity contribution in [3.8, 4) is 0 Å². The molecule has 0 spiro atoms. The number of unbranched alkanes of at least 4 members (excludes halogenated alkanes) is 1. The Labute approximate surface area is 106 Å². The van der Waals surface area contributed by atoms with Gasteiger partial charge in [0.25, 0.3) is 0 Å². The number of nitrogens with two attached hydrogens (primary N) is 1. The third-order valence-corrected chi connectivity index (χ3v) is 2.83. The van der Waals surface area contributed by atoms with Gasteiger partial charge >= 0.3 is 5.97 Å². The van der Waals surface area contributed by atoms with Crippen LogP contribution >= 0.6 is 11.3 Å². The first kappa shape index (κ1) is 13.7. The van der Waals surface area contributed by atoms with Crippen LogP contribution in [0.15, 0.2) is 11.5 Å². The minimum absolute atomic E-state index is 0.314. The molecule has 0 saturated carbocycles. The number of allylic oxidation sites excluding steroid dienone is 1.